The van der Waals surface area contributed by atoms with Gasteiger partial charge in [-0.05, 0) is 35.2 Å². The fourth-order valence-electron chi connectivity index (χ4n) is 1.78. The Balaban J connectivity index is 2.33. The Kier molecular flexibility index (Phi) is 4.11. The molecule has 2 aromatic rings. The Morgan fingerprint density at radius 2 is 1.63 bits per heavy atom. The molecule has 4 heteroatoms. The van der Waals surface area contributed by atoms with Gasteiger partial charge in [0.2, 0.25) is 0 Å². The maximum Gasteiger partial charge on any atom is 0.126 e. The van der Waals surface area contributed by atoms with Gasteiger partial charge in [-0.25, -0.2) is 8.78 Å². The minimum Gasteiger partial charge on any atom is -0.207 e. The summed E-state index contributed by atoms with van der Waals surface area (Å²) < 4.78 is 26.5. The van der Waals surface area contributed by atoms with Crippen molar-refractivity contribution in [2.75, 3.05) is 0 Å². The zero-order valence-electron chi connectivity index (χ0n) is 11.0. The predicted molar refractivity (Wildman–Crippen MR) is 80.1 cm³/mol. The number of hydrogen-bond donors (Lipinski definition) is 0. The number of alkyl halides is 1. The second kappa shape index (κ2) is 5.33. The Morgan fingerprint density at radius 3 is 2.11 bits per heavy atom. The third kappa shape index (κ3) is 3.42. The number of benzene rings is 1. The summed E-state index contributed by atoms with van der Waals surface area (Å²) >= 11 is 5.18. The summed E-state index contributed by atoms with van der Waals surface area (Å²) in [5.41, 5.74) is 0.683. The van der Waals surface area contributed by atoms with Crippen LogP contribution in [-0.2, 0) is 5.41 Å². The minimum absolute atomic E-state index is 0.0861. The molecule has 0 radical (unpaired) electrons. The molecule has 0 aliphatic carbocycles. The van der Waals surface area contributed by atoms with Gasteiger partial charge in [-0.15, -0.1) is 11.3 Å². The standard InChI is InChI=1S/C15H15BrF2S/c1-15(2,3)13-5-4-12(19-13)14(16)9-6-10(17)8-11(18)7-9/h4-8,14H,1-3H3. The molecule has 0 nitrogen and oxygen atoms in total. The average Bonchev–Trinajstić information content (AvgIpc) is 2.75. The average molecular weight is 345 g/mol. The topological polar surface area (TPSA) is 0 Å². The zero-order valence-corrected chi connectivity index (χ0v) is 13.4. The minimum atomic E-state index is -0.549. The molecule has 2 rings (SSSR count). The highest BCUT2D eigenvalue weighted by Gasteiger charge is 2.20. The predicted octanol–water partition coefficient (Wildman–Crippen LogP) is 5.81. The highest BCUT2D eigenvalue weighted by molar-refractivity contribution is 9.09. The summed E-state index contributed by atoms with van der Waals surface area (Å²) in [5.74, 6) is -1.10. The van der Waals surface area contributed by atoms with E-state index in [0.717, 1.165) is 10.9 Å². The summed E-state index contributed by atoms with van der Waals surface area (Å²) in [4.78, 5) is 2.12. The summed E-state index contributed by atoms with van der Waals surface area (Å²) in [5, 5.41) is 0. The van der Waals surface area contributed by atoms with E-state index in [-0.39, 0.29) is 10.2 Å². The SMILES string of the molecule is CC(C)(C)c1ccc(C(Br)c2cc(F)cc(F)c2)s1. The van der Waals surface area contributed by atoms with Crippen LogP contribution in [0.2, 0.25) is 0 Å². The van der Waals surface area contributed by atoms with Crippen molar-refractivity contribution in [3.63, 3.8) is 0 Å². The van der Waals surface area contributed by atoms with Gasteiger partial charge in [0.1, 0.15) is 11.6 Å². The molecule has 0 spiro atoms. The van der Waals surface area contributed by atoms with E-state index in [9.17, 15) is 8.78 Å². The molecule has 0 fully saturated rings. The normalized spacial score (nSPS) is 13.6. The third-order valence-corrected chi connectivity index (χ3v) is 5.69. The maximum absolute atomic E-state index is 13.2. The van der Waals surface area contributed by atoms with Crippen LogP contribution >= 0.6 is 27.3 Å². The van der Waals surface area contributed by atoms with Gasteiger partial charge in [-0.3, -0.25) is 0 Å². The number of thiophene rings is 1. The van der Waals surface area contributed by atoms with Gasteiger partial charge in [0.05, 0.1) is 4.83 Å². The second-order valence-corrected chi connectivity index (χ2v) is 7.55. The van der Waals surface area contributed by atoms with Crippen molar-refractivity contribution in [2.45, 2.75) is 31.0 Å². The first kappa shape index (κ1) is 14.7. The fraction of sp³-hybridized carbons (Fsp3) is 0.333. The molecule has 0 saturated carbocycles. The van der Waals surface area contributed by atoms with E-state index in [1.807, 2.05) is 6.07 Å². The van der Waals surface area contributed by atoms with Crippen LogP contribution in [0.15, 0.2) is 30.3 Å². The van der Waals surface area contributed by atoms with Crippen molar-refractivity contribution in [1.82, 2.24) is 0 Å². The molecule has 1 aromatic carbocycles. The summed E-state index contributed by atoms with van der Waals surface area (Å²) in [7, 11) is 0. The molecule has 1 heterocycles. The van der Waals surface area contributed by atoms with Crippen LogP contribution in [0.4, 0.5) is 8.78 Å². The van der Waals surface area contributed by atoms with Gasteiger partial charge in [0.25, 0.3) is 0 Å². The lowest BCUT2D eigenvalue weighted by molar-refractivity contribution is 0.580. The number of halogens is 3. The Bertz CT molecular complexity index is 564. The molecule has 1 atom stereocenters. The van der Waals surface area contributed by atoms with E-state index in [4.69, 9.17) is 0 Å². The molecule has 1 unspecified atom stereocenters. The van der Waals surface area contributed by atoms with Crippen molar-refractivity contribution in [3.8, 4) is 0 Å². The van der Waals surface area contributed by atoms with Gasteiger partial charge in [0, 0.05) is 15.8 Å². The van der Waals surface area contributed by atoms with E-state index in [2.05, 4.69) is 42.8 Å². The van der Waals surface area contributed by atoms with E-state index in [1.165, 1.54) is 17.0 Å². The van der Waals surface area contributed by atoms with Crippen molar-refractivity contribution in [3.05, 3.63) is 57.3 Å². The molecule has 0 bridgehead atoms. The van der Waals surface area contributed by atoms with Crippen molar-refractivity contribution in [2.24, 2.45) is 0 Å². The van der Waals surface area contributed by atoms with Crippen LogP contribution < -0.4 is 0 Å². The van der Waals surface area contributed by atoms with Gasteiger partial charge in [0.15, 0.2) is 0 Å². The molecule has 1 aromatic heterocycles. The molecule has 102 valence electrons. The molecule has 19 heavy (non-hydrogen) atoms. The van der Waals surface area contributed by atoms with Gasteiger partial charge in [-0.2, -0.15) is 0 Å². The molecule has 0 saturated heterocycles. The molecule has 0 aliphatic rings. The molecule has 0 aliphatic heterocycles. The molecule has 0 N–H and O–H groups in total. The summed E-state index contributed by atoms with van der Waals surface area (Å²) in [6.07, 6.45) is 0. The zero-order chi connectivity index (χ0) is 14.2. The highest BCUT2D eigenvalue weighted by Crippen LogP contribution is 2.39. The molecular formula is C15H15BrF2S. The second-order valence-electron chi connectivity index (χ2n) is 5.52. The van der Waals surface area contributed by atoms with Crippen molar-refractivity contribution >= 4 is 27.3 Å². The largest absolute Gasteiger partial charge is 0.207 e. The van der Waals surface area contributed by atoms with E-state index in [1.54, 1.807) is 11.3 Å². The summed E-state index contributed by atoms with van der Waals surface area (Å²) in [6.45, 7) is 6.44. The Labute approximate surface area is 124 Å². The maximum atomic E-state index is 13.2. The van der Waals surface area contributed by atoms with E-state index in [0.29, 0.717) is 5.56 Å². The first-order valence-electron chi connectivity index (χ1n) is 5.97. The van der Waals surface area contributed by atoms with Gasteiger partial charge in [-0.1, -0.05) is 36.7 Å². The lowest BCUT2D eigenvalue weighted by atomic mass is 9.95. The first-order chi connectivity index (χ1) is 8.77. The van der Waals surface area contributed by atoms with Crippen molar-refractivity contribution < 1.29 is 8.78 Å². The van der Waals surface area contributed by atoms with Crippen LogP contribution in [-0.4, -0.2) is 0 Å². The highest BCUT2D eigenvalue weighted by atomic mass is 79.9. The van der Waals surface area contributed by atoms with E-state index < -0.39 is 11.6 Å². The smallest absolute Gasteiger partial charge is 0.126 e. The van der Waals surface area contributed by atoms with Gasteiger partial charge >= 0.3 is 0 Å². The molecular weight excluding hydrogens is 330 g/mol. The lowest BCUT2D eigenvalue weighted by Gasteiger charge is -2.15. The van der Waals surface area contributed by atoms with Crippen molar-refractivity contribution in [1.29, 1.82) is 0 Å². The lowest BCUT2D eigenvalue weighted by Crippen LogP contribution is -2.07. The van der Waals surface area contributed by atoms with Crippen LogP contribution in [0.5, 0.6) is 0 Å². The Morgan fingerprint density at radius 1 is 1.05 bits per heavy atom. The van der Waals surface area contributed by atoms with Crippen LogP contribution in [0.3, 0.4) is 0 Å². The monoisotopic (exact) mass is 344 g/mol. The first-order valence-corrected chi connectivity index (χ1v) is 7.71. The molecule has 0 amide bonds. The van der Waals surface area contributed by atoms with Crippen LogP contribution in [0.25, 0.3) is 0 Å². The number of hydrogen-bond acceptors (Lipinski definition) is 1. The fourth-order valence-corrected chi connectivity index (χ4v) is 3.55. The van der Waals surface area contributed by atoms with Crippen LogP contribution in [0, 0.1) is 11.6 Å². The third-order valence-electron chi connectivity index (χ3n) is 2.79. The van der Waals surface area contributed by atoms with Crippen LogP contribution in [0.1, 0.15) is 40.9 Å². The Hall–Kier alpha value is -0.740. The van der Waals surface area contributed by atoms with Gasteiger partial charge < -0.3 is 0 Å². The quantitative estimate of drug-likeness (QED) is 0.603. The number of rotatable bonds is 2. The summed E-state index contributed by atoms with van der Waals surface area (Å²) in [6, 6.07) is 7.69. The van der Waals surface area contributed by atoms with E-state index >= 15 is 0 Å².